The number of nitrogens with one attached hydrogen (secondary N) is 1. The van der Waals surface area contributed by atoms with E-state index in [4.69, 9.17) is 16.3 Å². The Kier molecular flexibility index (Phi) is 8.10. The van der Waals surface area contributed by atoms with E-state index in [2.05, 4.69) is 28.3 Å². The van der Waals surface area contributed by atoms with Crippen LogP contribution in [0.4, 0.5) is 5.69 Å². The third-order valence-electron chi connectivity index (χ3n) is 10.9. The second kappa shape index (κ2) is 11.4. The van der Waals surface area contributed by atoms with Crippen molar-refractivity contribution in [2.45, 2.75) is 81.5 Å². The minimum atomic E-state index is -3.92. The number of rotatable bonds is 1. The normalized spacial score (nSPS) is 34.0. The summed E-state index contributed by atoms with van der Waals surface area (Å²) < 4.78 is 35.4. The van der Waals surface area contributed by atoms with Crippen LogP contribution in [-0.4, -0.2) is 50.0 Å². The predicted octanol–water partition coefficient (Wildman–Crippen LogP) is 6.02. The summed E-state index contributed by atoms with van der Waals surface area (Å²) in [5.41, 5.74) is 2.27. The van der Waals surface area contributed by atoms with Crippen LogP contribution < -0.4 is 14.4 Å². The van der Waals surface area contributed by atoms with E-state index in [9.17, 15) is 18.3 Å². The highest BCUT2D eigenvalue weighted by Gasteiger charge is 2.47. The lowest BCUT2D eigenvalue weighted by atomic mass is 9.63. The first kappa shape index (κ1) is 30.5. The number of anilines is 1. The molecule has 7 nitrogen and oxygen atoms in total. The van der Waals surface area contributed by atoms with Crippen LogP contribution >= 0.6 is 11.6 Å². The van der Waals surface area contributed by atoms with E-state index in [1.807, 2.05) is 13.0 Å². The molecular formula is C34H43ClN2O5S. The lowest BCUT2D eigenvalue weighted by Crippen LogP contribution is -2.52. The lowest BCUT2D eigenvalue weighted by Gasteiger charge is -2.49. The van der Waals surface area contributed by atoms with Crippen molar-refractivity contribution >= 4 is 33.2 Å². The number of benzene rings is 2. The van der Waals surface area contributed by atoms with Gasteiger partial charge in [0.2, 0.25) is 10.0 Å². The van der Waals surface area contributed by atoms with Gasteiger partial charge in [-0.1, -0.05) is 30.7 Å². The molecule has 43 heavy (non-hydrogen) atoms. The fraction of sp³-hybridized carbons (Fsp3) is 0.559. The molecule has 2 aromatic rings. The van der Waals surface area contributed by atoms with Crippen LogP contribution in [0.2, 0.25) is 5.02 Å². The van der Waals surface area contributed by atoms with E-state index in [0.29, 0.717) is 44.7 Å². The van der Waals surface area contributed by atoms with Gasteiger partial charge in [0.25, 0.3) is 5.91 Å². The molecule has 0 saturated heterocycles. The first-order chi connectivity index (χ1) is 20.4. The number of aliphatic hydroxyl groups is 1. The molecule has 2 aliphatic heterocycles. The topological polar surface area (TPSA) is 95.9 Å². The third kappa shape index (κ3) is 5.59. The summed E-state index contributed by atoms with van der Waals surface area (Å²) in [5.74, 6) is 0.150. The number of amides is 1. The van der Waals surface area contributed by atoms with Gasteiger partial charge in [-0.15, -0.1) is 6.58 Å². The minimum absolute atomic E-state index is 0.0573. The highest BCUT2D eigenvalue weighted by molar-refractivity contribution is 7.90. The molecule has 0 aromatic heterocycles. The molecule has 2 N–H and O–H groups in total. The average molecular weight is 627 g/mol. The number of ether oxygens (including phenoxy) is 1. The van der Waals surface area contributed by atoms with Crippen LogP contribution in [0, 0.1) is 17.8 Å². The summed E-state index contributed by atoms with van der Waals surface area (Å²) >= 11 is 6.40. The van der Waals surface area contributed by atoms with Crippen LogP contribution in [0.5, 0.6) is 5.75 Å². The molecule has 2 bridgehead atoms. The molecule has 0 radical (unpaired) electrons. The van der Waals surface area contributed by atoms with Crippen molar-refractivity contribution in [3.05, 3.63) is 70.8 Å². The Balaban J connectivity index is 1.44. The van der Waals surface area contributed by atoms with Crippen LogP contribution in [0.3, 0.4) is 0 Å². The monoisotopic (exact) mass is 626 g/mol. The van der Waals surface area contributed by atoms with Gasteiger partial charge in [-0.2, -0.15) is 0 Å². The Morgan fingerprint density at radius 2 is 1.93 bits per heavy atom. The SMILES string of the molecule is C=C[C@@]1(O)CCC[C@H](C)[C@@H](C)S(=O)(=O)NC(=O)c2ccc3c(c2)N(C[C@@H]2CC[C@H]21)C[C@@]1(CCCc2cc(Cl)ccc21)CO3. The maximum absolute atomic E-state index is 13.4. The second-order valence-corrected chi connectivity index (χ2v) is 16.0. The zero-order valence-corrected chi connectivity index (χ0v) is 26.7. The third-order valence-corrected chi connectivity index (χ3v) is 13.1. The van der Waals surface area contributed by atoms with Crippen molar-refractivity contribution in [3.8, 4) is 5.75 Å². The standard InChI is InChI=1S/C34H43ClN2O5S/c1-4-34(39)16-5-7-22(2)23(3)43(40,41)36-32(38)25-10-14-31-30(18-25)37(19-26-9-12-29(26)34)20-33(21-42-31)15-6-8-24-17-27(35)11-13-28(24)33/h4,10-11,13-14,17-18,22-23,26,29,39H,1,5-9,12,15-16,19-21H2,2-3H3,(H,36,38)/t22-,23+,26-,29+,33-,34+/m0/s1. The summed E-state index contributed by atoms with van der Waals surface area (Å²) in [5, 5.41) is 11.8. The number of hydrogen-bond acceptors (Lipinski definition) is 6. The van der Waals surface area contributed by atoms with Gasteiger partial charge in [0.1, 0.15) is 5.75 Å². The van der Waals surface area contributed by atoms with Gasteiger partial charge in [0.05, 0.1) is 23.1 Å². The van der Waals surface area contributed by atoms with Gasteiger partial charge in [-0.3, -0.25) is 4.79 Å². The number of nitrogens with zero attached hydrogens (tertiary/aromatic N) is 1. The molecule has 4 aliphatic rings. The Morgan fingerprint density at radius 1 is 1.12 bits per heavy atom. The van der Waals surface area contributed by atoms with Crippen molar-refractivity contribution in [2.24, 2.45) is 17.8 Å². The summed E-state index contributed by atoms with van der Waals surface area (Å²) in [6.45, 7) is 9.43. The fourth-order valence-electron chi connectivity index (χ4n) is 7.95. The van der Waals surface area contributed by atoms with E-state index >= 15 is 0 Å². The Bertz CT molecular complexity index is 1530. The zero-order valence-electron chi connectivity index (χ0n) is 25.1. The van der Waals surface area contributed by atoms with Gasteiger partial charge < -0.3 is 14.7 Å². The Hall–Kier alpha value is -2.55. The van der Waals surface area contributed by atoms with Crippen molar-refractivity contribution in [3.63, 3.8) is 0 Å². The van der Waals surface area contributed by atoms with Crippen LogP contribution in [-0.2, 0) is 21.9 Å². The Labute approximate surface area is 260 Å². The highest BCUT2D eigenvalue weighted by Crippen LogP contribution is 2.49. The lowest BCUT2D eigenvalue weighted by molar-refractivity contribution is -0.0519. The van der Waals surface area contributed by atoms with E-state index in [0.717, 1.165) is 42.8 Å². The quantitative estimate of drug-likeness (QED) is 0.376. The molecule has 2 heterocycles. The van der Waals surface area contributed by atoms with Gasteiger partial charge in [0.15, 0.2) is 0 Å². The number of aryl methyl sites for hydroxylation is 1. The van der Waals surface area contributed by atoms with E-state index in [-0.39, 0.29) is 28.7 Å². The van der Waals surface area contributed by atoms with E-state index in [1.165, 1.54) is 11.1 Å². The number of carbonyl (C=O) groups excluding carboxylic acids is 1. The Morgan fingerprint density at radius 3 is 2.67 bits per heavy atom. The number of halogens is 1. The summed E-state index contributed by atoms with van der Waals surface area (Å²) in [6.07, 6.45) is 8.39. The van der Waals surface area contributed by atoms with Gasteiger partial charge in [-0.05, 0) is 118 Å². The van der Waals surface area contributed by atoms with Crippen LogP contribution in [0.1, 0.15) is 80.3 Å². The average Bonchev–Trinajstić information content (AvgIpc) is 3.11. The van der Waals surface area contributed by atoms with Gasteiger partial charge in [0, 0.05) is 29.1 Å². The highest BCUT2D eigenvalue weighted by atomic mass is 35.5. The van der Waals surface area contributed by atoms with Crippen molar-refractivity contribution in [2.75, 3.05) is 24.6 Å². The van der Waals surface area contributed by atoms with Crippen LogP contribution in [0.15, 0.2) is 49.1 Å². The van der Waals surface area contributed by atoms with Crippen LogP contribution in [0.25, 0.3) is 0 Å². The number of fused-ring (bicyclic) bond motifs is 4. The maximum atomic E-state index is 13.4. The largest absolute Gasteiger partial charge is 0.490 e. The minimum Gasteiger partial charge on any atom is -0.490 e. The molecule has 1 saturated carbocycles. The second-order valence-electron chi connectivity index (χ2n) is 13.5. The number of sulfonamides is 1. The molecule has 0 unspecified atom stereocenters. The molecule has 232 valence electrons. The summed E-state index contributed by atoms with van der Waals surface area (Å²) in [4.78, 5) is 15.7. The van der Waals surface area contributed by atoms with Crippen molar-refractivity contribution < 1.29 is 23.1 Å². The molecule has 6 atom stereocenters. The van der Waals surface area contributed by atoms with E-state index < -0.39 is 26.8 Å². The fourth-order valence-corrected chi connectivity index (χ4v) is 9.46. The van der Waals surface area contributed by atoms with Gasteiger partial charge in [-0.25, -0.2) is 13.1 Å². The molecule has 2 aliphatic carbocycles. The van der Waals surface area contributed by atoms with Gasteiger partial charge >= 0.3 is 0 Å². The molecule has 9 heteroatoms. The number of hydrogen-bond donors (Lipinski definition) is 2. The predicted molar refractivity (Wildman–Crippen MR) is 170 cm³/mol. The molecular weight excluding hydrogens is 584 g/mol. The molecule has 2 aromatic carbocycles. The van der Waals surface area contributed by atoms with E-state index in [1.54, 1.807) is 31.2 Å². The first-order valence-corrected chi connectivity index (χ1v) is 17.6. The summed E-state index contributed by atoms with van der Waals surface area (Å²) in [6, 6.07) is 11.4. The number of carbonyl (C=O) groups is 1. The van der Waals surface area contributed by atoms with Crippen molar-refractivity contribution in [1.82, 2.24) is 4.72 Å². The molecule has 1 amide bonds. The van der Waals surface area contributed by atoms with Crippen molar-refractivity contribution in [1.29, 1.82) is 0 Å². The molecule has 6 rings (SSSR count). The summed E-state index contributed by atoms with van der Waals surface area (Å²) in [7, 11) is -3.92. The zero-order chi connectivity index (χ0) is 30.6. The maximum Gasteiger partial charge on any atom is 0.264 e. The molecule has 1 fully saturated rings. The molecule has 1 spiro atoms. The first-order valence-electron chi connectivity index (χ1n) is 15.7. The smallest absolute Gasteiger partial charge is 0.264 e.